The fraction of sp³-hybridized carbons (Fsp3) is 0.556. The topological polar surface area (TPSA) is 81.1 Å². The van der Waals surface area contributed by atoms with E-state index in [0.717, 1.165) is 17.6 Å². The highest BCUT2D eigenvalue weighted by Crippen LogP contribution is 2.24. The number of carboxylic acids is 2. The Morgan fingerprint density at radius 1 is 0.960 bits per heavy atom. The molecule has 1 aromatic carbocycles. The third-order valence-electron chi connectivity index (χ3n) is 4.75. The zero-order chi connectivity index (χ0) is 18.2. The van der Waals surface area contributed by atoms with Crippen LogP contribution in [0.4, 0.5) is 0 Å². The number of hydrogen-bond acceptors (Lipinski definition) is 4. The molecule has 6 nitrogen and oxygen atoms in total. The van der Waals surface area contributed by atoms with E-state index in [-0.39, 0.29) is 0 Å². The summed E-state index contributed by atoms with van der Waals surface area (Å²) in [6, 6.07) is 9.16. The molecule has 0 amide bonds. The molecular formula is C18H25ClN2O4. The molecule has 3 rings (SSSR count). The van der Waals surface area contributed by atoms with E-state index in [1.165, 1.54) is 57.4 Å². The molecule has 1 saturated carbocycles. The first-order valence-electron chi connectivity index (χ1n) is 8.63. The second-order valence-corrected chi connectivity index (χ2v) is 6.92. The van der Waals surface area contributed by atoms with Crippen molar-refractivity contribution in [2.75, 3.05) is 26.2 Å². The van der Waals surface area contributed by atoms with Gasteiger partial charge in [-0.2, -0.15) is 0 Å². The Morgan fingerprint density at radius 3 is 1.96 bits per heavy atom. The van der Waals surface area contributed by atoms with Gasteiger partial charge in [-0.05, 0) is 30.5 Å². The number of nitrogens with zero attached hydrogens (tertiary/aromatic N) is 2. The number of piperazine rings is 1. The second kappa shape index (κ2) is 9.75. The van der Waals surface area contributed by atoms with E-state index in [2.05, 4.69) is 21.9 Å². The van der Waals surface area contributed by atoms with E-state index in [1.54, 1.807) is 0 Å². The highest BCUT2D eigenvalue weighted by Gasteiger charge is 2.25. The lowest BCUT2D eigenvalue weighted by Crippen LogP contribution is -2.49. The normalized spacial score (nSPS) is 19.2. The standard InChI is InChI=1S/C16H23ClN2.C2H2O4/c17-15-7-5-14(6-8-15)13-18-9-11-19(12-10-18)16-3-1-2-4-16;3-1(4)2(5)6/h5-8,16H,1-4,9-13H2;(H,3,4)(H,5,6). The quantitative estimate of drug-likeness (QED) is 0.798. The summed E-state index contributed by atoms with van der Waals surface area (Å²) in [5.74, 6) is -3.65. The van der Waals surface area contributed by atoms with Gasteiger partial charge in [0.25, 0.3) is 0 Å². The van der Waals surface area contributed by atoms with Crippen molar-refractivity contribution < 1.29 is 19.8 Å². The lowest BCUT2D eigenvalue weighted by molar-refractivity contribution is -0.159. The summed E-state index contributed by atoms with van der Waals surface area (Å²) in [5, 5.41) is 15.6. The van der Waals surface area contributed by atoms with Crippen LogP contribution in [0.15, 0.2) is 24.3 Å². The Kier molecular flexibility index (Phi) is 7.68. The molecule has 1 aliphatic heterocycles. The van der Waals surface area contributed by atoms with Gasteiger partial charge in [-0.1, -0.05) is 36.6 Å². The molecule has 0 aromatic heterocycles. The van der Waals surface area contributed by atoms with Gasteiger partial charge >= 0.3 is 11.9 Å². The second-order valence-electron chi connectivity index (χ2n) is 6.49. The molecule has 0 atom stereocenters. The van der Waals surface area contributed by atoms with Crippen molar-refractivity contribution in [1.82, 2.24) is 9.80 Å². The zero-order valence-electron chi connectivity index (χ0n) is 14.2. The summed E-state index contributed by atoms with van der Waals surface area (Å²) in [5.41, 5.74) is 1.37. The molecule has 2 aliphatic rings. The third kappa shape index (κ3) is 6.65. The molecule has 0 spiro atoms. The van der Waals surface area contributed by atoms with Crippen LogP contribution in [0.2, 0.25) is 5.02 Å². The zero-order valence-corrected chi connectivity index (χ0v) is 15.0. The van der Waals surface area contributed by atoms with Gasteiger partial charge in [0, 0.05) is 43.8 Å². The maximum absolute atomic E-state index is 9.10. The summed E-state index contributed by atoms with van der Waals surface area (Å²) in [6.07, 6.45) is 5.74. The van der Waals surface area contributed by atoms with Crippen molar-refractivity contribution in [3.8, 4) is 0 Å². The van der Waals surface area contributed by atoms with E-state index in [1.807, 2.05) is 12.1 Å². The van der Waals surface area contributed by atoms with Crippen molar-refractivity contribution in [2.45, 2.75) is 38.3 Å². The van der Waals surface area contributed by atoms with Crippen molar-refractivity contribution >= 4 is 23.5 Å². The van der Waals surface area contributed by atoms with Crippen LogP contribution in [0.3, 0.4) is 0 Å². The first kappa shape index (κ1) is 19.7. The third-order valence-corrected chi connectivity index (χ3v) is 5.00. The Bertz CT molecular complexity index is 553. The lowest BCUT2D eigenvalue weighted by atomic mass is 10.1. The van der Waals surface area contributed by atoms with Crippen LogP contribution >= 0.6 is 11.6 Å². The van der Waals surface area contributed by atoms with Crippen LogP contribution < -0.4 is 0 Å². The van der Waals surface area contributed by atoms with Crippen LogP contribution in [-0.4, -0.2) is 64.2 Å². The largest absolute Gasteiger partial charge is 0.473 e. The smallest absolute Gasteiger partial charge is 0.414 e. The van der Waals surface area contributed by atoms with Gasteiger partial charge < -0.3 is 10.2 Å². The maximum atomic E-state index is 9.10. The van der Waals surface area contributed by atoms with E-state index in [0.29, 0.717) is 0 Å². The number of rotatable bonds is 3. The van der Waals surface area contributed by atoms with E-state index in [4.69, 9.17) is 31.4 Å². The SMILES string of the molecule is Clc1ccc(CN2CCN(C3CCCC3)CC2)cc1.O=C(O)C(=O)O. The number of halogens is 1. The summed E-state index contributed by atoms with van der Waals surface area (Å²) in [4.78, 5) is 23.5. The molecule has 1 heterocycles. The first-order chi connectivity index (χ1) is 12.0. The van der Waals surface area contributed by atoms with Gasteiger partial charge in [-0.25, -0.2) is 9.59 Å². The molecule has 0 unspecified atom stereocenters. The number of aliphatic carboxylic acids is 2. The Balaban J connectivity index is 0.000000326. The number of hydrogen-bond donors (Lipinski definition) is 2. The highest BCUT2D eigenvalue weighted by molar-refractivity contribution is 6.30. The Hall–Kier alpha value is -1.63. The predicted molar refractivity (Wildman–Crippen MR) is 95.8 cm³/mol. The van der Waals surface area contributed by atoms with Gasteiger partial charge in [-0.15, -0.1) is 0 Å². The minimum absolute atomic E-state index is 0.829. The summed E-state index contributed by atoms with van der Waals surface area (Å²) in [7, 11) is 0. The molecule has 0 radical (unpaired) electrons. The highest BCUT2D eigenvalue weighted by atomic mass is 35.5. The summed E-state index contributed by atoms with van der Waals surface area (Å²) >= 11 is 5.93. The average molecular weight is 369 g/mol. The van der Waals surface area contributed by atoms with Crippen molar-refractivity contribution in [1.29, 1.82) is 0 Å². The Morgan fingerprint density at radius 2 is 1.48 bits per heavy atom. The molecule has 7 heteroatoms. The van der Waals surface area contributed by atoms with Crippen LogP contribution in [0.1, 0.15) is 31.2 Å². The van der Waals surface area contributed by atoms with Crippen LogP contribution in [0.5, 0.6) is 0 Å². The molecule has 1 saturated heterocycles. The van der Waals surface area contributed by atoms with Crippen molar-refractivity contribution in [3.63, 3.8) is 0 Å². The minimum atomic E-state index is -1.82. The van der Waals surface area contributed by atoms with Gasteiger partial charge in [0.05, 0.1) is 0 Å². The van der Waals surface area contributed by atoms with Crippen LogP contribution in [0, 0.1) is 0 Å². The molecule has 1 aromatic rings. The minimum Gasteiger partial charge on any atom is -0.473 e. The summed E-state index contributed by atoms with van der Waals surface area (Å²) < 4.78 is 0. The van der Waals surface area contributed by atoms with Crippen LogP contribution in [-0.2, 0) is 16.1 Å². The average Bonchev–Trinajstić information content (AvgIpc) is 3.13. The van der Waals surface area contributed by atoms with Gasteiger partial charge in [0.15, 0.2) is 0 Å². The van der Waals surface area contributed by atoms with Gasteiger partial charge in [-0.3, -0.25) is 9.80 Å². The molecule has 0 bridgehead atoms. The molecule has 1 aliphatic carbocycles. The van der Waals surface area contributed by atoms with Crippen LogP contribution in [0.25, 0.3) is 0 Å². The molecular weight excluding hydrogens is 344 g/mol. The Labute approximate surface area is 153 Å². The van der Waals surface area contributed by atoms with Gasteiger partial charge in [0.1, 0.15) is 0 Å². The van der Waals surface area contributed by atoms with Gasteiger partial charge in [0.2, 0.25) is 0 Å². The molecule has 138 valence electrons. The number of carboxylic acid groups (broad SMARTS) is 2. The summed E-state index contributed by atoms with van der Waals surface area (Å²) in [6.45, 7) is 5.98. The maximum Gasteiger partial charge on any atom is 0.414 e. The molecule has 25 heavy (non-hydrogen) atoms. The predicted octanol–water partition coefficient (Wildman–Crippen LogP) is 2.56. The van der Waals surface area contributed by atoms with Crippen molar-refractivity contribution in [2.24, 2.45) is 0 Å². The number of benzene rings is 1. The lowest BCUT2D eigenvalue weighted by Gasteiger charge is -2.38. The fourth-order valence-corrected chi connectivity index (χ4v) is 3.53. The van der Waals surface area contributed by atoms with E-state index >= 15 is 0 Å². The fourth-order valence-electron chi connectivity index (χ4n) is 3.40. The molecule has 2 fully saturated rings. The van der Waals surface area contributed by atoms with E-state index in [9.17, 15) is 0 Å². The first-order valence-corrected chi connectivity index (χ1v) is 9.00. The monoisotopic (exact) mass is 368 g/mol. The van der Waals surface area contributed by atoms with Crippen molar-refractivity contribution in [3.05, 3.63) is 34.9 Å². The number of carbonyl (C=O) groups is 2. The van der Waals surface area contributed by atoms with E-state index < -0.39 is 11.9 Å². The molecule has 2 N–H and O–H groups in total.